The minimum atomic E-state index is 0.244. The quantitative estimate of drug-likeness (QED) is 0.797. The molecule has 0 bridgehead atoms. The Morgan fingerprint density at radius 1 is 1.47 bits per heavy atom. The van der Waals surface area contributed by atoms with Crippen LogP contribution in [0.2, 0.25) is 0 Å². The van der Waals surface area contributed by atoms with Crippen molar-refractivity contribution in [1.29, 1.82) is 5.26 Å². The van der Waals surface area contributed by atoms with Crippen molar-refractivity contribution in [3.8, 4) is 6.07 Å². The average Bonchev–Trinajstić information content (AvgIpc) is 2.40. The highest BCUT2D eigenvalue weighted by Crippen LogP contribution is 2.23. The molecule has 1 aliphatic rings. The number of ether oxygens (including phenoxy) is 1. The van der Waals surface area contributed by atoms with Crippen LogP contribution in [0.4, 0.5) is 5.69 Å². The Kier molecular flexibility index (Phi) is 3.94. The van der Waals surface area contributed by atoms with Gasteiger partial charge in [-0.2, -0.15) is 5.26 Å². The molecular weight excluding hydrogens is 214 g/mol. The topological polar surface area (TPSA) is 49.2 Å². The Morgan fingerprint density at radius 2 is 2.24 bits per heavy atom. The van der Waals surface area contributed by atoms with E-state index in [0.717, 1.165) is 37.6 Å². The molecule has 0 radical (unpaired) electrons. The van der Waals surface area contributed by atoms with Gasteiger partial charge >= 0.3 is 0 Å². The van der Waals surface area contributed by atoms with Crippen molar-refractivity contribution < 1.29 is 4.74 Å². The molecule has 0 saturated carbocycles. The molecule has 1 saturated heterocycles. The normalized spacial score (nSPS) is 17.5. The Labute approximate surface area is 102 Å². The summed E-state index contributed by atoms with van der Waals surface area (Å²) in [7, 11) is 0. The summed E-state index contributed by atoms with van der Waals surface area (Å²) < 4.78 is 5.33. The second kappa shape index (κ2) is 5.65. The van der Waals surface area contributed by atoms with Gasteiger partial charge in [-0.3, -0.25) is 4.98 Å². The maximum absolute atomic E-state index is 8.72. The van der Waals surface area contributed by atoms with Crippen LogP contribution in [0.5, 0.6) is 0 Å². The third kappa shape index (κ3) is 2.95. The van der Waals surface area contributed by atoms with E-state index >= 15 is 0 Å². The van der Waals surface area contributed by atoms with Crippen molar-refractivity contribution in [2.24, 2.45) is 0 Å². The van der Waals surface area contributed by atoms with Gasteiger partial charge in [0.1, 0.15) is 0 Å². The Hall–Kier alpha value is -1.60. The highest BCUT2D eigenvalue weighted by Gasteiger charge is 2.13. The zero-order valence-corrected chi connectivity index (χ0v) is 10.1. The first-order valence-corrected chi connectivity index (χ1v) is 5.96. The van der Waals surface area contributed by atoms with Gasteiger partial charge in [0.25, 0.3) is 0 Å². The van der Waals surface area contributed by atoms with Gasteiger partial charge in [-0.05, 0) is 17.5 Å². The van der Waals surface area contributed by atoms with Crippen LogP contribution in [0, 0.1) is 11.3 Å². The van der Waals surface area contributed by atoms with Crippen LogP contribution in [0.3, 0.4) is 0 Å². The number of pyridine rings is 1. The third-order valence-electron chi connectivity index (χ3n) is 3.09. The lowest BCUT2D eigenvalue weighted by Gasteiger charge is -2.29. The largest absolute Gasteiger partial charge is 0.378 e. The minimum Gasteiger partial charge on any atom is -0.378 e. The second-order valence-corrected chi connectivity index (χ2v) is 4.34. The van der Waals surface area contributed by atoms with Crippen LogP contribution >= 0.6 is 0 Å². The summed E-state index contributed by atoms with van der Waals surface area (Å²) in [5.41, 5.74) is 2.27. The number of anilines is 1. The molecule has 2 rings (SSSR count). The second-order valence-electron chi connectivity index (χ2n) is 4.34. The summed E-state index contributed by atoms with van der Waals surface area (Å²) in [6.45, 7) is 5.44. The summed E-state index contributed by atoms with van der Waals surface area (Å²) in [4.78, 5) is 6.55. The van der Waals surface area contributed by atoms with E-state index in [4.69, 9.17) is 10.00 Å². The molecule has 4 heteroatoms. The monoisotopic (exact) mass is 231 g/mol. The molecule has 2 heterocycles. The molecule has 0 N–H and O–H groups in total. The third-order valence-corrected chi connectivity index (χ3v) is 3.09. The first-order valence-electron chi connectivity index (χ1n) is 5.96. The number of morpholine rings is 1. The lowest BCUT2D eigenvalue weighted by atomic mass is 10.00. The molecule has 1 aromatic rings. The fourth-order valence-electron chi connectivity index (χ4n) is 1.96. The van der Waals surface area contributed by atoms with Crippen molar-refractivity contribution in [1.82, 2.24) is 4.98 Å². The molecule has 0 aromatic carbocycles. The van der Waals surface area contributed by atoms with Gasteiger partial charge in [0, 0.05) is 25.7 Å². The van der Waals surface area contributed by atoms with Crippen molar-refractivity contribution >= 4 is 5.69 Å². The van der Waals surface area contributed by atoms with Crippen LogP contribution in [0.15, 0.2) is 18.5 Å². The van der Waals surface area contributed by atoms with Crippen molar-refractivity contribution in [3.05, 3.63) is 24.0 Å². The number of aromatic nitrogens is 1. The van der Waals surface area contributed by atoms with Gasteiger partial charge in [0.2, 0.25) is 0 Å². The fraction of sp³-hybridized carbons (Fsp3) is 0.538. The molecule has 1 atom stereocenters. The lowest BCUT2D eigenvalue weighted by Crippen LogP contribution is -2.36. The number of rotatable bonds is 3. The van der Waals surface area contributed by atoms with Crippen molar-refractivity contribution in [2.45, 2.75) is 19.3 Å². The van der Waals surface area contributed by atoms with Crippen molar-refractivity contribution in [2.75, 3.05) is 31.2 Å². The van der Waals surface area contributed by atoms with Crippen LogP contribution < -0.4 is 4.90 Å². The van der Waals surface area contributed by atoms with E-state index < -0.39 is 0 Å². The summed E-state index contributed by atoms with van der Waals surface area (Å²) in [5.74, 6) is 0.244. The fourth-order valence-corrected chi connectivity index (χ4v) is 1.96. The highest BCUT2D eigenvalue weighted by atomic mass is 16.5. The highest BCUT2D eigenvalue weighted by molar-refractivity contribution is 5.47. The van der Waals surface area contributed by atoms with Gasteiger partial charge in [0.15, 0.2) is 0 Å². The van der Waals surface area contributed by atoms with Crippen LogP contribution in [-0.4, -0.2) is 31.3 Å². The van der Waals surface area contributed by atoms with Crippen molar-refractivity contribution in [3.63, 3.8) is 0 Å². The minimum absolute atomic E-state index is 0.244. The smallest absolute Gasteiger partial charge is 0.0642 e. The van der Waals surface area contributed by atoms with E-state index in [1.54, 1.807) is 0 Å². The van der Waals surface area contributed by atoms with E-state index in [2.05, 4.69) is 28.9 Å². The zero-order chi connectivity index (χ0) is 12.1. The van der Waals surface area contributed by atoms with E-state index in [1.165, 1.54) is 0 Å². The van der Waals surface area contributed by atoms with Crippen LogP contribution in [0.25, 0.3) is 0 Å². The molecule has 17 heavy (non-hydrogen) atoms. The predicted molar refractivity (Wildman–Crippen MR) is 65.9 cm³/mol. The van der Waals surface area contributed by atoms with E-state index in [-0.39, 0.29) is 5.92 Å². The van der Waals surface area contributed by atoms with E-state index in [1.807, 2.05) is 12.4 Å². The standard InChI is InChI=1S/C13H17N3O/c1-11(2-3-14)12-8-13(10-15-9-12)16-4-6-17-7-5-16/h8-11H,2,4-7H2,1H3/t11-/m0/s1. The predicted octanol–water partition coefficient (Wildman–Crippen LogP) is 1.94. The van der Waals surface area contributed by atoms with Gasteiger partial charge in [-0.1, -0.05) is 6.92 Å². The first-order chi connectivity index (χ1) is 8.31. The van der Waals surface area contributed by atoms with E-state index in [9.17, 15) is 0 Å². The summed E-state index contributed by atoms with van der Waals surface area (Å²) in [6, 6.07) is 4.34. The molecule has 1 aliphatic heterocycles. The molecule has 0 unspecified atom stereocenters. The molecule has 0 aliphatic carbocycles. The maximum atomic E-state index is 8.72. The molecule has 4 nitrogen and oxygen atoms in total. The Bertz CT molecular complexity index is 407. The van der Waals surface area contributed by atoms with Gasteiger partial charge in [0.05, 0.1) is 31.2 Å². The van der Waals surface area contributed by atoms with Gasteiger partial charge < -0.3 is 9.64 Å². The number of nitrogens with zero attached hydrogens (tertiary/aromatic N) is 3. The summed E-state index contributed by atoms with van der Waals surface area (Å²) in [6.07, 6.45) is 4.27. The molecule has 90 valence electrons. The Morgan fingerprint density at radius 3 is 2.94 bits per heavy atom. The molecule has 1 aromatic heterocycles. The van der Waals surface area contributed by atoms with Gasteiger partial charge in [-0.15, -0.1) is 0 Å². The number of nitriles is 1. The summed E-state index contributed by atoms with van der Waals surface area (Å²) >= 11 is 0. The molecule has 0 spiro atoms. The van der Waals surface area contributed by atoms with Gasteiger partial charge in [-0.25, -0.2) is 0 Å². The molecule has 1 fully saturated rings. The zero-order valence-electron chi connectivity index (χ0n) is 10.1. The Balaban J connectivity index is 2.13. The molecule has 0 amide bonds. The lowest BCUT2D eigenvalue weighted by molar-refractivity contribution is 0.122. The van der Waals surface area contributed by atoms with E-state index in [0.29, 0.717) is 6.42 Å². The number of hydrogen-bond acceptors (Lipinski definition) is 4. The average molecular weight is 231 g/mol. The summed E-state index contributed by atoms with van der Waals surface area (Å²) in [5, 5.41) is 8.72. The SMILES string of the molecule is C[C@@H](CC#N)c1cncc(N2CCOCC2)c1. The number of hydrogen-bond donors (Lipinski definition) is 0. The van der Waals surface area contributed by atoms with Crippen LogP contribution in [-0.2, 0) is 4.74 Å². The first kappa shape index (κ1) is 11.9. The van der Waals surface area contributed by atoms with Crippen LogP contribution in [0.1, 0.15) is 24.8 Å². The maximum Gasteiger partial charge on any atom is 0.0642 e. The molecular formula is C13H17N3O.